The van der Waals surface area contributed by atoms with Crippen LogP contribution >= 0.6 is 23.2 Å². The number of hydrogen-bond acceptors (Lipinski definition) is 2. The first-order chi connectivity index (χ1) is 6.81. The second kappa shape index (κ2) is 3.27. The van der Waals surface area contributed by atoms with Crippen molar-refractivity contribution in [1.82, 2.24) is 4.98 Å². The predicted molar refractivity (Wildman–Crippen MR) is 54.3 cm³/mol. The summed E-state index contributed by atoms with van der Waals surface area (Å²) in [6.45, 7) is 0. The Morgan fingerprint density at radius 3 is 2.07 bits per heavy atom. The minimum absolute atomic E-state index is 0.164. The van der Waals surface area contributed by atoms with E-state index in [0.717, 1.165) is 0 Å². The third-order valence-electron chi connectivity index (χ3n) is 2.49. The summed E-state index contributed by atoms with van der Waals surface area (Å²) in [5.74, 6) is -2.68. The van der Waals surface area contributed by atoms with Crippen LogP contribution in [-0.2, 0) is 5.54 Å². The van der Waals surface area contributed by atoms with Gasteiger partial charge in [0.15, 0.2) is 0 Å². The molecule has 1 aromatic heterocycles. The average molecular weight is 253 g/mol. The molecule has 1 heterocycles. The number of hydrogen-bond donors (Lipinski definition) is 1. The molecular weight excluding hydrogens is 245 g/mol. The molecule has 0 aromatic carbocycles. The van der Waals surface area contributed by atoms with Crippen LogP contribution in [0.3, 0.4) is 0 Å². The zero-order valence-corrected chi connectivity index (χ0v) is 9.12. The summed E-state index contributed by atoms with van der Waals surface area (Å²) in [5.41, 5.74) is 5.30. The number of alkyl halides is 2. The Kier molecular flexibility index (Phi) is 2.41. The lowest BCUT2D eigenvalue weighted by Crippen LogP contribution is -2.55. The van der Waals surface area contributed by atoms with Crippen molar-refractivity contribution in [2.45, 2.75) is 24.3 Å². The Morgan fingerprint density at radius 1 is 1.20 bits per heavy atom. The Hall–Kier alpha value is -0.450. The normalized spacial score (nSPS) is 22.2. The van der Waals surface area contributed by atoms with Crippen LogP contribution in [0.5, 0.6) is 0 Å². The number of halogens is 4. The second-order valence-corrected chi connectivity index (χ2v) is 4.64. The quantitative estimate of drug-likeness (QED) is 0.781. The Morgan fingerprint density at radius 2 is 1.67 bits per heavy atom. The summed E-state index contributed by atoms with van der Waals surface area (Å²) in [6, 6.07) is 2.95. The molecule has 0 amide bonds. The monoisotopic (exact) mass is 252 g/mol. The van der Waals surface area contributed by atoms with E-state index in [2.05, 4.69) is 4.98 Å². The standard InChI is InChI=1S/C9H8Cl2F2N2/c10-6-1-5(2-7(11)15-6)8(14)3-9(12,13)4-8/h1-2H,3-4,14H2. The lowest BCUT2D eigenvalue weighted by molar-refractivity contribution is -0.125. The van der Waals surface area contributed by atoms with Gasteiger partial charge in [-0.3, -0.25) is 0 Å². The van der Waals surface area contributed by atoms with Crippen molar-refractivity contribution in [3.05, 3.63) is 28.0 Å². The smallest absolute Gasteiger partial charge is 0.252 e. The molecule has 0 radical (unpaired) electrons. The molecule has 0 unspecified atom stereocenters. The van der Waals surface area contributed by atoms with Gasteiger partial charge in [0.2, 0.25) is 0 Å². The highest BCUT2D eigenvalue weighted by Crippen LogP contribution is 2.50. The van der Waals surface area contributed by atoms with Crippen LogP contribution in [0.15, 0.2) is 12.1 Å². The molecule has 1 fully saturated rings. The van der Waals surface area contributed by atoms with Gasteiger partial charge in [-0.2, -0.15) is 0 Å². The van der Waals surface area contributed by atoms with E-state index in [1.165, 1.54) is 12.1 Å². The molecule has 2 nitrogen and oxygen atoms in total. The van der Waals surface area contributed by atoms with E-state index in [-0.39, 0.29) is 23.1 Å². The highest BCUT2D eigenvalue weighted by molar-refractivity contribution is 6.32. The molecule has 1 aliphatic rings. The fraction of sp³-hybridized carbons (Fsp3) is 0.444. The molecule has 82 valence electrons. The molecule has 0 atom stereocenters. The average Bonchev–Trinajstić information content (AvgIpc) is 1.98. The van der Waals surface area contributed by atoms with Gasteiger partial charge >= 0.3 is 0 Å². The van der Waals surface area contributed by atoms with E-state index in [4.69, 9.17) is 28.9 Å². The molecule has 1 aliphatic carbocycles. The Labute approximate surface area is 95.4 Å². The zero-order chi connectivity index (χ0) is 11.3. The molecule has 2 rings (SSSR count). The maximum Gasteiger partial charge on any atom is 0.252 e. The first-order valence-corrected chi connectivity index (χ1v) is 5.07. The van der Waals surface area contributed by atoms with Gasteiger partial charge in [-0.15, -0.1) is 0 Å². The van der Waals surface area contributed by atoms with Crippen LogP contribution in [0.1, 0.15) is 18.4 Å². The maximum absolute atomic E-state index is 12.8. The molecule has 1 saturated carbocycles. The SMILES string of the molecule is NC1(c2cc(Cl)nc(Cl)c2)CC(F)(F)C1. The van der Waals surface area contributed by atoms with Crippen LogP contribution in [0.4, 0.5) is 8.78 Å². The number of nitrogens with zero attached hydrogens (tertiary/aromatic N) is 1. The third kappa shape index (κ3) is 2.07. The molecule has 0 spiro atoms. The largest absolute Gasteiger partial charge is 0.321 e. The highest BCUT2D eigenvalue weighted by atomic mass is 35.5. The number of pyridine rings is 1. The lowest BCUT2D eigenvalue weighted by atomic mass is 9.70. The summed E-state index contributed by atoms with van der Waals surface area (Å²) in [5, 5.41) is 0.329. The van der Waals surface area contributed by atoms with E-state index in [0.29, 0.717) is 5.56 Å². The van der Waals surface area contributed by atoms with Crippen molar-refractivity contribution in [3.63, 3.8) is 0 Å². The Bertz CT molecular complexity index is 381. The molecule has 0 bridgehead atoms. The fourth-order valence-corrected chi connectivity index (χ4v) is 2.29. The minimum Gasteiger partial charge on any atom is -0.321 e. The lowest BCUT2D eigenvalue weighted by Gasteiger charge is -2.44. The van der Waals surface area contributed by atoms with Gasteiger partial charge in [-0.25, -0.2) is 13.8 Å². The summed E-state index contributed by atoms with van der Waals surface area (Å²) < 4.78 is 25.5. The van der Waals surface area contributed by atoms with Crippen molar-refractivity contribution in [3.8, 4) is 0 Å². The molecule has 2 N–H and O–H groups in total. The van der Waals surface area contributed by atoms with Gasteiger partial charge in [0, 0.05) is 12.8 Å². The van der Waals surface area contributed by atoms with E-state index in [1.54, 1.807) is 0 Å². The van der Waals surface area contributed by atoms with E-state index in [1.807, 2.05) is 0 Å². The molecule has 15 heavy (non-hydrogen) atoms. The van der Waals surface area contributed by atoms with E-state index < -0.39 is 11.5 Å². The summed E-state index contributed by atoms with van der Waals surface area (Å²) in [6.07, 6.45) is -0.757. The molecule has 0 saturated heterocycles. The summed E-state index contributed by atoms with van der Waals surface area (Å²) in [4.78, 5) is 3.73. The van der Waals surface area contributed by atoms with Crippen LogP contribution in [0, 0.1) is 0 Å². The van der Waals surface area contributed by atoms with Crippen LogP contribution < -0.4 is 5.73 Å². The maximum atomic E-state index is 12.8. The Balaban J connectivity index is 2.31. The highest BCUT2D eigenvalue weighted by Gasteiger charge is 2.55. The van der Waals surface area contributed by atoms with Crippen molar-refractivity contribution in [1.29, 1.82) is 0 Å². The van der Waals surface area contributed by atoms with Crippen LogP contribution in [-0.4, -0.2) is 10.9 Å². The van der Waals surface area contributed by atoms with Gasteiger partial charge < -0.3 is 5.73 Å². The van der Waals surface area contributed by atoms with Crippen molar-refractivity contribution in [2.75, 3.05) is 0 Å². The number of aromatic nitrogens is 1. The van der Waals surface area contributed by atoms with Crippen LogP contribution in [0.2, 0.25) is 10.3 Å². The van der Waals surface area contributed by atoms with Gasteiger partial charge in [0.1, 0.15) is 10.3 Å². The van der Waals surface area contributed by atoms with E-state index >= 15 is 0 Å². The van der Waals surface area contributed by atoms with Gasteiger partial charge in [-0.05, 0) is 17.7 Å². The number of rotatable bonds is 1. The van der Waals surface area contributed by atoms with Crippen LogP contribution in [0.25, 0.3) is 0 Å². The molecule has 1 aromatic rings. The minimum atomic E-state index is -2.68. The number of nitrogens with two attached hydrogens (primary N) is 1. The fourth-order valence-electron chi connectivity index (χ4n) is 1.83. The van der Waals surface area contributed by atoms with Gasteiger partial charge in [-0.1, -0.05) is 23.2 Å². The first kappa shape index (κ1) is 11.0. The van der Waals surface area contributed by atoms with Gasteiger partial charge in [0.05, 0.1) is 5.54 Å². The molecule has 6 heteroatoms. The molecule has 0 aliphatic heterocycles. The first-order valence-electron chi connectivity index (χ1n) is 4.31. The van der Waals surface area contributed by atoms with E-state index in [9.17, 15) is 8.78 Å². The van der Waals surface area contributed by atoms with Crippen molar-refractivity contribution < 1.29 is 8.78 Å². The van der Waals surface area contributed by atoms with Crippen molar-refractivity contribution in [2.24, 2.45) is 5.73 Å². The van der Waals surface area contributed by atoms with Crippen molar-refractivity contribution >= 4 is 23.2 Å². The second-order valence-electron chi connectivity index (χ2n) is 3.87. The predicted octanol–water partition coefficient (Wildman–Crippen LogP) is 2.97. The van der Waals surface area contributed by atoms with Gasteiger partial charge in [0.25, 0.3) is 5.92 Å². The summed E-state index contributed by atoms with van der Waals surface area (Å²) >= 11 is 11.3. The topological polar surface area (TPSA) is 38.9 Å². The summed E-state index contributed by atoms with van der Waals surface area (Å²) in [7, 11) is 0. The zero-order valence-electron chi connectivity index (χ0n) is 7.61. The third-order valence-corrected chi connectivity index (χ3v) is 2.87. The molecular formula is C9H8Cl2F2N2.